The molecule has 3 N–H and O–H groups in total. The fraction of sp³-hybridized carbons (Fsp3) is 0.385. The molecular weight excluding hydrogens is 251 g/mol. The van der Waals surface area contributed by atoms with Crippen LogP contribution in [-0.4, -0.2) is 30.0 Å². The quantitative estimate of drug-likeness (QED) is 0.689. The average Bonchev–Trinajstić information content (AvgIpc) is 3.18. The summed E-state index contributed by atoms with van der Waals surface area (Å²) >= 11 is 0. The van der Waals surface area contributed by atoms with Gasteiger partial charge in [-0.2, -0.15) is 0 Å². The van der Waals surface area contributed by atoms with Gasteiger partial charge in [0.05, 0.1) is 5.56 Å². The molecule has 0 aromatic heterocycles. The summed E-state index contributed by atoms with van der Waals surface area (Å²) in [6.07, 6.45) is 1.85. The summed E-state index contributed by atoms with van der Waals surface area (Å²) in [7, 11) is 0. The van der Waals surface area contributed by atoms with Crippen molar-refractivity contribution in [1.82, 2.24) is 10.6 Å². The molecular formula is C13H15FN2O3. The van der Waals surface area contributed by atoms with Crippen molar-refractivity contribution in [3.63, 3.8) is 0 Å². The summed E-state index contributed by atoms with van der Waals surface area (Å²) in [5, 5.41) is 14.2. The number of nitrogens with one attached hydrogen (secondary N) is 2. The Bertz CT molecular complexity index is 501. The highest BCUT2D eigenvalue weighted by Gasteiger charge is 2.29. The van der Waals surface area contributed by atoms with Gasteiger partial charge in [-0.3, -0.25) is 9.59 Å². The van der Waals surface area contributed by atoms with E-state index in [1.54, 1.807) is 0 Å². The predicted molar refractivity (Wildman–Crippen MR) is 66.1 cm³/mol. The maximum absolute atomic E-state index is 13.4. The van der Waals surface area contributed by atoms with Crippen LogP contribution in [0.25, 0.3) is 0 Å². The molecule has 102 valence electrons. The average molecular weight is 266 g/mol. The smallest absolute Gasteiger partial charge is 0.254 e. The van der Waals surface area contributed by atoms with Gasteiger partial charge in [0.2, 0.25) is 5.91 Å². The molecule has 2 amide bonds. The Balaban J connectivity index is 1.75. The predicted octanol–water partition coefficient (Wildman–Crippen LogP) is 0.787. The van der Waals surface area contributed by atoms with E-state index in [1.165, 1.54) is 12.1 Å². The number of phenolic OH excluding ortho intramolecular Hbond substituents is 1. The highest BCUT2D eigenvalue weighted by atomic mass is 19.1. The highest BCUT2D eigenvalue weighted by molar-refractivity contribution is 5.94. The molecule has 0 unspecified atom stereocenters. The summed E-state index contributed by atoms with van der Waals surface area (Å²) in [5.74, 6) is -1.45. The Morgan fingerprint density at radius 3 is 2.58 bits per heavy atom. The minimum atomic E-state index is -0.778. The van der Waals surface area contributed by atoms with Gasteiger partial charge in [0.1, 0.15) is 11.6 Å². The second kappa shape index (κ2) is 5.69. The molecule has 1 fully saturated rings. The monoisotopic (exact) mass is 266 g/mol. The third kappa shape index (κ3) is 3.67. The zero-order valence-corrected chi connectivity index (χ0v) is 10.3. The Labute approximate surface area is 109 Å². The zero-order chi connectivity index (χ0) is 13.8. The largest absolute Gasteiger partial charge is 0.508 e. The minimum Gasteiger partial charge on any atom is -0.508 e. The Hall–Kier alpha value is -2.11. The number of carbonyl (C=O) groups excluding carboxylic acids is 2. The molecule has 0 heterocycles. The second-order valence-electron chi connectivity index (χ2n) is 4.49. The van der Waals surface area contributed by atoms with Crippen molar-refractivity contribution in [2.24, 2.45) is 5.92 Å². The first-order valence-electron chi connectivity index (χ1n) is 6.12. The Kier molecular flexibility index (Phi) is 3.99. The molecule has 0 atom stereocenters. The van der Waals surface area contributed by atoms with Crippen LogP contribution in [0.5, 0.6) is 5.75 Å². The SMILES string of the molecule is O=C(NCCNC(=O)C1CC1)c1ccc(O)cc1F. The van der Waals surface area contributed by atoms with E-state index in [4.69, 9.17) is 5.11 Å². The summed E-state index contributed by atoms with van der Waals surface area (Å²) < 4.78 is 13.4. The number of benzene rings is 1. The summed E-state index contributed by atoms with van der Waals surface area (Å²) in [6, 6.07) is 3.33. The zero-order valence-electron chi connectivity index (χ0n) is 10.3. The number of hydrogen-bond acceptors (Lipinski definition) is 3. The van der Waals surface area contributed by atoms with Crippen molar-refractivity contribution >= 4 is 11.8 Å². The molecule has 5 nitrogen and oxygen atoms in total. The number of halogens is 1. The molecule has 1 aliphatic carbocycles. The maximum atomic E-state index is 13.4. The molecule has 1 aromatic rings. The van der Waals surface area contributed by atoms with Gasteiger partial charge in [0.15, 0.2) is 0 Å². The normalized spacial score (nSPS) is 13.9. The van der Waals surface area contributed by atoms with Crippen LogP contribution in [0, 0.1) is 11.7 Å². The molecule has 1 aliphatic rings. The van der Waals surface area contributed by atoms with Gasteiger partial charge in [0.25, 0.3) is 5.91 Å². The first-order chi connectivity index (χ1) is 9.08. The van der Waals surface area contributed by atoms with Gasteiger partial charge in [-0.25, -0.2) is 4.39 Å². The van der Waals surface area contributed by atoms with Crippen LogP contribution >= 0.6 is 0 Å². The summed E-state index contributed by atoms with van der Waals surface area (Å²) in [6.45, 7) is 0.554. The van der Waals surface area contributed by atoms with E-state index in [-0.39, 0.29) is 29.7 Å². The van der Waals surface area contributed by atoms with Crippen molar-refractivity contribution < 1.29 is 19.1 Å². The van der Waals surface area contributed by atoms with Gasteiger partial charge >= 0.3 is 0 Å². The van der Waals surface area contributed by atoms with E-state index in [0.717, 1.165) is 18.9 Å². The van der Waals surface area contributed by atoms with Crippen LogP contribution in [0.3, 0.4) is 0 Å². The van der Waals surface area contributed by atoms with E-state index in [0.29, 0.717) is 6.54 Å². The standard InChI is InChI=1S/C13H15FN2O3/c14-11-7-9(17)3-4-10(11)13(19)16-6-5-15-12(18)8-1-2-8/h3-4,7-8,17H,1-2,5-6H2,(H,15,18)(H,16,19). The lowest BCUT2D eigenvalue weighted by Gasteiger charge is -2.07. The van der Waals surface area contributed by atoms with Crippen molar-refractivity contribution in [2.45, 2.75) is 12.8 Å². The fourth-order valence-corrected chi connectivity index (χ4v) is 1.63. The molecule has 0 bridgehead atoms. The molecule has 0 saturated heterocycles. The van der Waals surface area contributed by atoms with Crippen LogP contribution in [0.4, 0.5) is 4.39 Å². The molecule has 0 radical (unpaired) electrons. The van der Waals surface area contributed by atoms with Crippen molar-refractivity contribution in [3.05, 3.63) is 29.6 Å². The van der Waals surface area contributed by atoms with E-state index < -0.39 is 11.7 Å². The van der Waals surface area contributed by atoms with Crippen LogP contribution in [0.15, 0.2) is 18.2 Å². The van der Waals surface area contributed by atoms with Crippen LogP contribution < -0.4 is 10.6 Å². The van der Waals surface area contributed by atoms with Gasteiger partial charge in [-0.15, -0.1) is 0 Å². The minimum absolute atomic E-state index is 0.00469. The fourth-order valence-electron chi connectivity index (χ4n) is 1.63. The van der Waals surface area contributed by atoms with Crippen molar-refractivity contribution in [1.29, 1.82) is 0 Å². The molecule has 1 aromatic carbocycles. The number of amides is 2. The Morgan fingerprint density at radius 2 is 1.95 bits per heavy atom. The molecule has 19 heavy (non-hydrogen) atoms. The van der Waals surface area contributed by atoms with Gasteiger partial charge < -0.3 is 15.7 Å². The third-order valence-electron chi connectivity index (χ3n) is 2.86. The summed E-state index contributed by atoms with van der Waals surface area (Å²) in [5.41, 5.74) is -0.133. The van der Waals surface area contributed by atoms with E-state index >= 15 is 0 Å². The number of phenols is 1. The van der Waals surface area contributed by atoms with E-state index in [1.807, 2.05) is 0 Å². The maximum Gasteiger partial charge on any atom is 0.254 e. The number of carbonyl (C=O) groups is 2. The third-order valence-corrected chi connectivity index (χ3v) is 2.86. The van der Waals surface area contributed by atoms with Gasteiger partial charge in [0, 0.05) is 25.1 Å². The van der Waals surface area contributed by atoms with Crippen molar-refractivity contribution in [3.8, 4) is 5.75 Å². The van der Waals surface area contributed by atoms with Crippen LogP contribution in [0.1, 0.15) is 23.2 Å². The number of aromatic hydroxyl groups is 1. The molecule has 0 spiro atoms. The lowest BCUT2D eigenvalue weighted by Crippen LogP contribution is -2.35. The topological polar surface area (TPSA) is 78.4 Å². The number of hydrogen-bond donors (Lipinski definition) is 3. The van der Waals surface area contributed by atoms with Crippen molar-refractivity contribution in [2.75, 3.05) is 13.1 Å². The molecule has 1 saturated carbocycles. The lowest BCUT2D eigenvalue weighted by molar-refractivity contribution is -0.122. The molecule has 6 heteroatoms. The summed E-state index contributed by atoms with van der Waals surface area (Å²) in [4.78, 5) is 22.9. The first kappa shape index (κ1) is 13.3. The second-order valence-corrected chi connectivity index (χ2v) is 4.49. The molecule has 0 aliphatic heterocycles. The Morgan fingerprint density at radius 1 is 1.26 bits per heavy atom. The van der Waals surface area contributed by atoms with Crippen LogP contribution in [-0.2, 0) is 4.79 Å². The van der Waals surface area contributed by atoms with E-state index in [2.05, 4.69) is 10.6 Å². The first-order valence-corrected chi connectivity index (χ1v) is 6.12. The van der Waals surface area contributed by atoms with Gasteiger partial charge in [-0.1, -0.05) is 0 Å². The van der Waals surface area contributed by atoms with Gasteiger partial charge in [-0.05, 0) is 25.0 Å². The van der Waals surface area contributed by atoms with Crippen LogP contribution in [0.2, 0.25) is 0 Å². The molecule has 2 rings (SSSR count). The lowest BCUT2D eigenvalue weighted by atomic mass is 10.2. The van der Waals surface area contributed by atoms with E-state index in [9.17, 15) is 14.0 Å². The number of rotatable bonds is 5. The highest BCUT2D eigenvalue weighted by Crippen LogP contribution is 2.28.